The third kappa shape index (κ3) is 6.14. The van der Waals surface area contributed by atoms with Crippen molar-refractivity contribution in [2.75, 3.05) is 32.6 Å². The van der Waals surface area contributed by atoms with Crippen LogP contribution < -0.4 is 10.1 Å². The summed E-state index contributed by atoms with van der Waals surface area (Å²) in [6.07, 6.45) is 5.29. The van der Waals surface area contributed by atoms with Gasteiger partial charge in [0.25, 0.3) is 0 Å². The van der Waals surface area contributed by atoms with Crippen LogP contribution in [0.1, 0.15) is 71.3 Å². The average Bonchev–Trinajstić information content (AvgIpc) is 3.58. The zero-order valence-electron chi connectivity index (χ0n) is 24.8. The van der Waals surface area contributed by atoms with E-state index in [2.05, 4.69) is 54.9 Å². The predicted octanol–water partition coefficient (Wildman–Crippen LogP) is 5.50. The van der Waals surface area contributed by atoms with E-state index in [1.54, 1.807) is 29.6 Å². The number of piperazine rings is 1. The largest absolute Gasteiger partial charge is 0.481 e. The van der Waals surface area contributed by atoms with Crippen molar-refractivity contribution in [2.24, 2.45) is 5.92 Å². The van der Waals surface area contributed by atoms with E-state index in [0.717, 1.165) is 24.8 Å². The van der Waals surface area contributed by atoms with Crippen LogP contribution in [0.3, 0.4) is 0 Å². The molecular formula is C30H41N5O4S2. The number of aromatic nitrogens is 2. The minimum Gasteiger partial charge on any atom is -0.481 e. The monoisotopic (exact) mass is 599 g/mol. The van der Waals surface area contributed by atoms with E-state index in [1.165, 1.54) is 24.2 Å². The Labute approximate surface area is 247 Å². The summed E-state index contributed by atoms with van der Waals surface area (Å²) in [5.74, 6) is 0.411. The number of nitrogens with zero attached hydrogens (tertiary/aromatic N) is 4. The molecule has 222 valence electrons. The first-order valence-electron chi connectivity index (χ1n) is 14.3. The Hall–Kier alpha value is -2.60. The number of hydrogen-bond donors (Lipinski definition) is 1. The predicted molar refractivity (Wildman–Crippen MR) is 163 cm³/mol. The summed E-state index contributed by atoms with van der Waals surface area (Å²) < 4.78 is 34.3. The van der Waals surface area contributed by atoms with E-state index in [9.17, 15) is 13.2 Å². The number of likely N-dealkylation sites (N-methyl/N-ethyl adjacent to an activating group) is 1. The maximum Gasteiger partial charge on any atom is 0.243 e. The number of nitrogens with one attached hydrogen (secondary N) is 1. The minimum absolute atomic E-state index is 0.138. The Morgan fingerprint density at radius 2 is 1.68 bits per heavy atom. The number of carbonyl (C=O) groups is 1. The summed E-state index contributed by atoms with van der Waals surface area (Å²) in [7, 11) is -0.0854. The Bertz CT molecular complexity index is 1490. The number of amides is 1. The van der Waals surface area contributed by atoms with Gasteiger partial charge in [-0.05, 0) is 70.8 Å². The van der Waals surface area contributed by atoms with E-state index in [4.69, 9.17) is 4.74 Å². The Balaban J connectivity index is 1.39. The molecule has 1 aliphatic heterocycles. The van der Waals surface area contributed by atoms with Gasteiger partial charge in [-0.3, -0.25) is 9.69 Å². The van der Waals surface area contributed by atoms with Gasteiger partial charge >= 0.3 is 0 Å². The molecule has 1 aromatic carbocycles. The van der Waals surface area contributed by atoms with Gasteiger partial charge in [0.15, 0.2) is 5.13 Å². The maximum atomic E-state index is 13.7. The number of anilines is 1. The standard InChI is InChI=1S/C30H41N5O4S2/c1-29(2)18-35(19-30(3,4)34(29)5)41(37,38)22-13-11-21(12-14-22)23(17-20-9-7-8-10-20)26(36)33-28-31-24-15-16-25(39-6)32-27(24)40-28/h11-16,20,23H,7-10,17-19H2,1-6H3,(H,31,33,36). The molecule has 1 N–H and O–H groups in total. The van der Waals surface area contributed by atoms with Crippen LogP contribution in [0.25, 0.3) is 10.3 Å². The van der Waals surface area contributed by atoms with Crippen molar-refractivity contribution >= 4 is 42.7 Å². The molecule has 1 saturated heterocycles. The SMILES string of the molecule is COc1ccc2nc(NC(=O)C(CC3CCCC3)c3ccc(S(=O)(=O)N4CC(C)(C)N(C)C(C)(C)C4)cc3)sc2n1. The molecule has 11 heteroatoms. The van der Waals surface area contributed by atoms with Crippen LogP contribution in [-0.4, -0.2) is 71.8 Å². The number of rotatable bonds is 8. The van der Waals surface area contributed by atoms with Crippen molar-refractivity contribution < 1.29 is 17.9 Å². The van der Waals surface area contributed by atoms with Gasteiger partial charge in [-0.25, -0.2) is 18.4 Å². The van der Waals surface area contributed by atoms with Crippen LogP contribution in [0.4, 0.5) is 5.13 Å². The van der Waals surface area contributed by atoms with Crippen LogP contribution in [-0.2, 0) is 14.8 Å². The first-order valence-corrected chi connectivity index (χ1v) is 16.5. The number of pyridine rings is 1. The van der Waals surface area contributed by atoms with Crippen molar-refractivity contribution in [1.29, 1.82) is 0 Å². The molecule has 3 aromatic rings. The molecular weight excluding hydrogens is 558 g/mol. The zero-order chi connectivity index (χ0) is 29.6. The molecule has 5 rings (SSSR count). The molecule has 2 fully saturated rings. The molecule has 3 heterocycles. The van der Waals surface area contributed by atoms with Gasteiger partial charge in [0.1, 0.15) is 10.3 Å². The summed E-state index contributed by atoms with van der Waals surface area (Å²) >= 11 is 1.31. The quantitative estimate of drug-likeness (QED) is 0.365. The van der Waals surface area contributed by atoms with Crippen molar-refractivity contribution in [1.82, 2.24) is 19.2 Å². The van der Waals surface area contributed by atoms with E-state index >= 15 is 0 Å². The molecule has 2 aliphatic rings. The van der Waals surface area contributed by atoms with Crippen LogP contribution >= 0.6 is 11.3 Å². The summed E-state index contributed by atoms with van der Waals surface area (Å²) in [4.78, 5) is 25.8. The average molecular weight is 600 g/mol. The number of hydrogen-bond acceptors (Lipinski definition) is 8. The highest BCUT2D eigenvalue weighted by Crippen LogP contribution is 2.37. The van der Waals surface area contributed by atoms with Gasteiger partial charge in [-0.15, -0.1) is 0 Å². The molecule has 1 aliphatic carbocycles. The van der Waals surface area contributed by atoms with Crippen LogP contribution in [0.15, 0.2) is 41.3 Å². The lowest BCUT2D eigenvalue weighted by molar-refractivity contribution is -0.118. The Morgan fingerprint density at radius 3 is 2.29 bits per heavy atom. The highest BCUT2D eigenvalue weighted by Gasteiger charge is 2.46. The van der Waals surface area contributed by atoms with Crippen molar-refractivity contribution in [3.8, 4) is 5.88 Å². The second-order valence-corrected chi connectivity index (χ2v) is 15.6. The summed E-state index contributed by atoms with van der Waals surface area (Å²) in [6, 6.07) is 10.5. The summed E-state index contributed by atoms with van der Waals surface area (Å²) in [5, 5.41) is 3.50. The lowest BCUT2D eigenvalue weighted by atomic mass is 9.87. The first kappa shape index (κ1) is 29.9. The van der Waals surface area contributed by atoms with Gasteiger partial charge in [0.05, 0.1) is 17.9 Å². The topological polar surface area (TPSA) is 105 Å². The molecule has 1 unspecified atom stereocenters. The van der Waals surface area contributed by atoms with Gasteiger partial charge in [0.2, 0.25) is 21.8 Å². The smallest absolute Gasteiger partial charge is 0.243 e. The third-order valence-corrected chi connectivity index (χ3v) is 11.6. The summed E-state index contributed by atoms with van der Waals surface area (Å²) in [6.45, 7) is 9.11. The number of fused-ring (bicyclic) bond motifs is 1. The fraction of sp³-hybridized carbons (Fsp3) is 0.567. The van der Waals surface area contributed by atoms with E-state index in [0.29, 0.717) is 40.4 Å². The van der Waals surface area contributed by atoms with E-state index < -0.39 is 15.9 Å². The molecule has 0 bridgehead atoms. The number of carbonyl (C=O) groups excluding carboxylic acids is 1. The highest BCUT2D eigenvalue weighted by molar-refractivity contribution is 7.89. The fourth-order valence-electron chi connectivity index (χ4n) is 6.28. The summed E-state index contributed by atoms with van der Waals surface area (Å²) in [5.41, 5.74) is 0.901. The maximum absolute atomic E-state index is 13.7. The molecule has 0 radical (unpaired) electrons. The lowest BCUT2D eigenvalue weighted by Gasteiger charge is -2.54. The zero-order valence-corrected chi connectivity index (χ0v) is 26.4. The first-order chi connectivity index (χ1) is 19.3. The number of ether oxygens (including phenoxy) is 1. The Morgan fingerprint density at radius 1 is 1.05 bits per heavy atom. The lowest BCUT2D eigenvalue weighted by Crippen LogP contribution is -2.67. The van der Waals surface area contributed by atoms with Crippen LogP contribution in [0.2, 0.25) is 0 Å². The van der Waals surface area contributed by atoms with Gasteiger partial charge < -0.3 is 10.1 Å². The highest BCUT2D eigenvalue weighted by atomic mass is 32.2. The van der Waals surface area contributed by atoms with Crippen LogP contribution in [0, 0.1) is 5.92 Å². The molecule has 1 amide bonds. The number of sulfonamides is 1. The number of thiazole rings is 1. The number of benzene rings is 1. The van der Waals surface area contributed by atoms with Gasteiger partial charge in [-0.1, -0.05) is 49.2 Å². The van der Waals surface area contributed by atoms with Crippen LogP contribution in [0.5, 0.6) is 5.88 Å². The molecule has 41 heavy (non-hydrogen) atoms. The van der Waals surface area contributed by atoms with Crippen molar-refractivity contribution in [2.45, 2.75) is 81.7 Å². The van der Waals surface area contributed by atoms with Gasteiger partial charge in [-0.2, -0.15) is 4.31 Å². The molecule has 1 atom stereocenters. The van der Waals surface area contributed by atoms with Crippen molar-refractivity contribution in [3.05, 3.63) is 42.0 Å². The molecule has 9 nitrogen and oxygen atoms in total. The molecule has 0 spiro atoms. The normalized spacial score (nSPS) is 20.7. The van der Waals surface area contributed by atoms with E-state index in [1.807, 2.05) is 18.2 Å². The molecule has 1 saturated carbocycles. The fourth-order valence-corrected chi connectivity index (χ4v) is 8.86. The second-order valence-electron chi connectivity index (χ2n) is 12.7. The Kier molecular flexibility index (Phi) is 8.19. The van der Waals surface area contributed by atoms with Gasteiger partial charge in [0, 0.05) is 30.2 Å². The number of methoxy groups -OCH3 is 1. The van der Waals surface area contributed by atoms with Crippen molar-refractivity contribution in [3.63, 3.8) is 0 Å². The molecule has 2 aromatic heterocycles. The second kappa shape index (κ2) is 11.2. The minimum atomic E-state index is -3.70. The van der Waals surface area contributed by atoms with E-state index in [-0.39, 0.29) is 21.9 Å². The third-order valence-electron chi connectivity index (χ3n) is 8.89.